The summed E-state index contributed by atoms with van der Waals surface area (Å²) in [6.07, 6.45) is 4.28. The van der Waals surface area contributed by atoms with Crippen LogP contribution in [0.1, 0.15) is 29.6 Å². The maximum Gasteiger partial charge on any atom is 0.251 e. The summed E-state index contributed by atoms with van der Waals surface area (Å²) in [7, 11) is 0. The second-order valence-electron chi connectivity index (χ2n) is 5.37. The first-order chi connectivity index (χ1) is 10.2. The molecule has 0 aliphatic carbocycles. The first kappa shape index (κ1) is 13.7. The number of hydrogen-bond acceptors (Lipinski definition) is 2. The van der Waals surface area contributed by atoms with Crippen LogP contribution in [0.5, 0.6) is 0 Å². The van der Waals surface area contributed by atoms with Crippen LogP contribution in [0.3, 0.4) is 0 Å². The van der Waals surface area contributed by atoms with Crippen LogP contribution in [0.15, 0.2) is 30.5 Å². The molecule has 0 unspecified atom stereocenters. The Morgan fingerprint density at radius 1 is 1.33 bits per heavy atom. The Kier molecular flexibility index (Phi) is 3.90. The molecule has 0 bridgehead atoms. The lowest BCUT2D eigenvalue weighted by molar-refractivity contribution is -0.127. The summed E-state index contributed by atoms with van der Waals surface area (Å²) >= 11 is 0. The van der Waals surface area contributed by atoms with E-state index in [2.05, 4.69) is 10.3 Å². The standard InChI is InChI=1S/C16H19N3O2/c20-15-3-1-9-19(15)10-2-7-18-16(21)13-5-4-12-6-8-17-14(12)11-13/h4-6,8,11,17H,1-3,7,9-10H2,(H,18,21). The van der Waals surface area contributed by atoms with Crippen molar-refractivity contribution in [1.82, 2.24) is 15.2 Å². The Bertz CT molecular complexity index is 662. The molecule has 1 aliphatic rings. The predicted molar refractivity (Wildman–Crippen MR) is 81.1 cm³/mol. The number of fused-ring (bicyclic) bond motifs is 1. The van der Waals surface area contributed by atoms with E-state index in [4.69, 9.17) is 0 Å². The van der Waals surface area contributed by atoms with Crippen LogP contribution >= 0.6 is 0 Å². The van der Waals surface area contributed by atoms with Crippen LogP contribution in [-0.4, -0.2) is 41.3 Å². The maximum atomic E-state index is 12.1. The summed E-state index contributed by atoms with van der Waals surface area (Å²) in [5.74, 6) is 0.165. The fraction of sp³-hybridized carbons (Fsp3) is 0.375. The Balaban J connectivity index is 1.48. The van der Waals surface area contributed by atoms with Gasteiger partial charge in [-0.2, -0.15) is 0 Å². The van der Waals surface area contributed by atoms with Gasteiger partial charge in [0.05, 0.1) is 0 Å². The molecule has 2 amide bonds. The average molecular weight is 285 g/mol. The van der Waals surface area contributed by atoms with Crippen molar-refractivity contribution in [2.24, 2.45) is 0 Å². The van der Waals surface area contributed by atoms with Crippen LogP contribution in [0.25, 0.3) is 10.9 Å². The van der Waals surface area contributed by atoms with Gasteiger partial charge in [0.2, 0.25) is 5.91 Å². The first-order valence-corrected chi connectivity index (χ1v) is 7.37. The Morgan fingerprint density at radius 2 is 2.24 bits per heavy atom. The van der Waals surface area contributed by atoms with Crippen LogP contribution in [-0.2, 0) is 4.79 Å². The molecule has 2 N–H and O–H groups in total. The Morgan fingerprint density at radius 3 is 3.05 bits per heavy atom. The van der Waals surface area contributed by atoms with E-state index in [-0.39, 0.29) is 11.8 Å². The van der Waals surface area contributed by atoms with Crippen LogP contribution in [0.2, 0.25) is 0 Å². The Labute approximate surface area is 123 Å². The van der Waals surface area contributed by atoms with Gasteiger partial charge in [-0.1, -0.05) is 6.07 Å². The summed E-state index contributed by atoms with van der Waals surface area (Å²) in [4.78, 5) is 28.5. The minimum atomic E-state index is -0.0701. The molecule has 21 heavy (non-hydrogen) atoms. The number of hydrogen-bond donors (Lipinski definition) is 2. The lowest BCUT2D eigenvalue weighted by Gasteiger charge is -2.15. The highest BCUT2D eigenvalue weighted by Gasteiger charge is 2.19. The van der Waals surface area contributed by atoms with Crippen LogP contribution in [0, 0.1) is 0 Å². The molecule has 110 valence electrons. The molecule has 5 heteroatoms. The van der Waals surface area contributed by atoms with Gasteiger partial charge >= 0.3 is 0 Å². The second kappa shape index (κ2) is 5.99. The third kappa shape index (κ3) is 3.07. The van der Waals surface area contributed by atoms with Gasteiger partial charge in [-0.05, 0) is 36.4 Å². The van der Waals surface area contributed by atoms with Crippen molar-refractivity contribution in [3.05, 3.63) is 36.0 Å². The van der Waals surface area contributed by atoms with E-state index in [9.17, 15) is 9.59 Å². The number of nitrogens with one attached hydrogen (secondary N) is 2. The zero-order valence-electron chi connectivity index (χ0n) is 11.9. The average Bonchev–Trinajstić information content (AvgIpc) is 3.11. The highest BCUT2D eigenvalue weighted by atomic mass is 16.2. The van der Waals surface area contributed by atoms with Gasteiger partial charge in [0.15, 0.2) is 0 Å². The first-order valence-electron chi connectivity index (χ1n) is 7.37. The van der Waals surface area contributed by atoms with E-state index in [1.165, 1.54) is 0 Å². The quantitative estimate of drug-likeness (QED) is 0.824. The summed E-state index contributed by atoms with van der Waals surface area (Å²) in [5, 5.41) is 4.00. The van der Waals surface area contributed by atoms with E-state index in [1.807, 2.05) is 35.4 Å². The van der Waals surface area contributed by atoms with Gasteiger partial charge < -0.3 is 15.2 Å². The molecule has 0 radical (unpaired) electrons. The smallest absolute Gasteiger partial charge is 0.251 e. The molecule has 0 atom stereocenters. The molecule has 0 saturated carbocycles. The monoisotopic (exact) mass is 285 g/mol. The molecule has 1 fully saturated rings. The van der Waals surface area contributed by atoms with E-state index in [0.29, 0.717) is 18.5 Å². The molecule has 1 aromatic heterocycles. The second-order valence-corrected chi connectivity index (χ2v) is 5.37. The lowest BCUT2D eigenvalue weighted by atomic mass is 10.1. The number of benzene rings is 1. The van der Waals surface area contributed by atoms with Crippen molar-refractivity contribution in [3.8, 4) is 0 Å². The molecular weight excluding hydrogens is 266 g/mol. The molecule has 1 saturated heterocycles. The fourth-order valence-electron chi connectivity index (χ4n) is 2.70. The van der Waals surface area contributed by atoms with Crippen molar-refractivity contribution in [2.45, 2.75) is 19.3 Å². The van der Waals surface area contributed by atoms with Gasteiger partial charge in [-0.3, -0.25) is 9.59 Å². The molecular formula is C16H19N3O2. The summed E-state index contributed by atoms with van der Waals surface area (Å²) < 4.78 is 0. The van der Waals surface area contributed by atoms with Gasteiger partial charge in [0.1, 0.15) is 0 Å². The minimum Gasteiger partial charge on any atom is -0.361 e. The molecule has 0 spiro atoms. The molecule has 1 aromatic carbocycles. The Hall–Kier alpha value is -2.30. The van der Waals surface area contributed by atoms with Gasteiger partial charge in [0, 0.05) is 43.3 Å². The van der Waals surface area contributed by atoms with E-state index >= 15 is 0 Å². The summed E-state index contributed by atoms with van der Waals surface area (Å²) in [6.45, 7) is 2.18. The number of carbonyl (C=O) groups is 2. The molecule has 1 aliphatic heterocycles. The molecule has 2 aromatic rings. The minimum absolute atomic E-state index is 0.0701. The van der Waals surface area contributed by atoms with Gasteiger partial charge in [-0.25, -0.2) is 0 Å². The summed E-state index contributed by atoms with van der Waals surface area (Å²) in [5.41, 5.74) is 1.62. The molecule has 2 heterocycles. The number of carbonyl (C=O) groups excluding carboxylic acids is 2. The molecule has 3 rings (SSSR count). The van der Waals surface area contributed by atoms with Crippen LogP contribution < -0.4 is 5.32 Å². The number of aromatic amines is 1. The third-order valence-corrected chi connectivity index (χ3v) is 3.88. The lowest BCUT2D eigenvalue weighted by Crippen LogP contribution is -2.30. The predicted octanol–water partition coefficient (Wildman–Crippen LogP) is 1.91. The largest absolute Gasteiger partial charge is 0.361 e. The van der Waals surface area contributed by atoms with E-state index in [0.717, 1.165) is 36.8 Å². The van der Waals surface area contributed by atoms with Gasteiger partial charge in [0.25, 0.3) is 5.91 Å². The number of H-pyrrole nitrogens is 1. The maximum absolute atomic E-state index is 12.1. The number of aromatic nitrogens is 1. The van der Waals surface area contributed by atoms with E-state index < -0.39 is 0 Å². The third-order valence-electron chi connectivity index (χ3n) is 3.88. The number of likely N-dealkylation sites (tertiary alicyclic amines) is 1. The highest BCUT2D eigenvalue weighted by molar-refractivity contribution is 5.97. The number of nitrogens with zero attached hydrogens (tertiary/aromatic N) is 1. The number of rotatable bonds is 5. The normalized spacial score (nSPS) is 14.9. The van der Waals surface area contributed by atoms with Gasteiger partial charge in [-0.15, -0.1) is 0 Å². The molecule has 5 nitrogen and oxygen atoms in total. The SMILES string of the molecule is O=C(NCCCN1CCCC1=O)c1ccc2cc[nH]c2c1. The summed E-state index contributed by atoms with van der Waals surface area (Å²) in [6, 6.07) is 7.60. The van der Waals surface area contributed by atoms with Crippen molar-refractivity contribution < 1.29 is 9.59 Å². The van der Waals surface area contributed by atoms with Crippen LogP contribution in [0.4, 0.5) is 0 Å². The topological polar surface area (TPSA) is 65.2 Å². The van der Waals surface area contributed by atoms with E-state index in [1.54, 1.807) is 0 Å². The fourth-order valence-corrected chi connectivity index (χ4v) is 2.70. The zero-order chi connectivity index (χ0) is 14.7. The zero-order valence-corrected chi connectivity index (χ0v) is 11.9. The van der Waals surface area contributed by atoms with Crippen molar-refractivity contribution in [1.29, 1.82) is 0 Å². The highest BCUT2D eigenvalue weighted by Crippen LogP contribution is 2.14. The number of amides is 2. The van der Waals surface area contributed by atoms with Crippen molar-refractivity contribution in [2.75, 3.05) is 19.6 Å². The van der Waals surface area contributed by atoms with Crippen molar-refractivity contribution in [3.63, 3.8) is 0 Å². The van der Waals surface area contributed by atoms with Crippen molar-refractivity contribution >= 4 is 22.7 Å².